The Kier molecular flexibility index (Phi) is 8.03. The van der Waals surface area contributed by atoms with E-state index in [4.69, 9.17) is 4.42 Å². The summed E-state index contributed by atoms with van der Waals surface area (Å²) in [6.07, 6.45) is 0. The number of aromatic nitrogens is 2. The summed E-state index contributed by atoms with van der Waals surface area (Å²) in [7, 11) is 0. The first-order chi connectivity index (χ1) is 16.6. The largest absolute Gasteiger partial charge is 0.411 e. The molecule has 0 aliphatic carbocycles. The molecule has 1 atom stereocenters. The van der Waals surface area contributed by atoms with E-state index >= 15 is 0 Å². The van der Waals surface area contributed by atoms with E-state index in [1.165, 1.54) is 17.3 Å². The Balaban J connectivity index is 1.38. The fourth-order valence-electron chi connectivity index (χ4n) is 3.65. The molecule has 0 aliphatic heterocycles. The highest BCUT2D eigenvalue weighted by Crippen LogP contribution is 2.28. The lowest BCUT2D eigenvalue weighted by Crippen LogP contribution is -2.30. The molecule has 0 saturated heterocycles. The van der Waals surface area contributed by atoms with Gasteiger partial charge in [0.15, 0.2) is 0 Å². The predicted molar refractivity (Wildman–Crippen MR) is 140 cm³/mol. The number of anilines is 1. The van der Waals surface area contributed by atoms with Crippen LogP contribution < -0.4 is 10.2 Å². The zero-order valence-electron chi connectivity index (χ0n) is 19.5. The molecule has 0 fully saturated rings. The summed E-state index contributed by atoms with van der Waals surface area (Å²) in [4.78, 5) is 16.1. The molecular weight excluding hydrogens is 464 g/mol. The summed E-state index contributed by atoms with van der Waals surface area (Å²) >= 11 is 2.87. The Morgan fingerprint density at radius 3 is 2.44 bits per heavy atom. The Bertz CT molecular complexity index is 1180. The van der Waals surface area contributed by atoms with Crippen LogP contribution in [0.4, 0.5) is 5.69 Å². The normalized spacial score (nSPS) is 11.9. The van der Waals surface area contributed by atoms with E-state index in [1.807, 2.05) is 29.6 Å². The first-order valence-electron chi connectivity index (χ1n) is 11.3. The number of rotatable bonds is 10. The molecule has 176 valence electrons. The van der Waals surface area contributed by atoms with E-state index in [9.17, 15) is 4.79 Å². The molecule has 6 nitrogen and oxygen atoms in total. The van der Waals surface area contributed by atoms with Crippen LogP contribution >= 0.6 is 23.1 Å². The van der Waals surface area contributed by atoms with Crippen molar-refractivity contribution >= 4 is 34.7 Å². The van der Waals surface area contributed by atoms with Crippen molar-refractivity contribution in [1.82, 2.24) is 15.5 Å². The third-order valence-electron chi connectivity index (χ3n) is 5.52. The van der Waals surface area contributed by atoms with Gasteiger partial charge in [0, 0.05) is 29.2 Å². The van der Waals surface area contributed by atoms with Gasteiger partial charge in [0.1, 0.15) is 0 Å². The van der Waals surface area contributed by atoms with Crippen molar-refractivity contribution in [3.05, 3.63) is 82.0 Å². The van der Waals surface area contributed by atoms with Crippen LogP contribution in [0, 0.1) is 6.92 Å². The number of nitrogens with zero attached hydrogens (tertiary/aromatic N) is 3. The van der Waals surface area contributed by atoms with Crippen molar-refractivity contribution in [3.8, 4) is 11.5 Å². The Morgan fingerprint density at radius 1 is 1.06 bits per heavy atom. The molecule has 0 bridgehead atoms. The molecule has 1 amide bonds. The number of hydrogen-bond donors (Lipinski definition) is 1. The monoisotopic (exact) mass is 492 g/mol. The fourth-order valence-corrected chi connectivity index (χ4v) is 5.03. The van der Waals surface area contributed by atoms with Gasteiger partial charge in [-0.2, -0.15) is 0 Å². The molecule has 0 unspecified atom stereocenters. The van der Waals surface area contributed by atoms with Gasteiger partial charge in [-0.3, -0.25) is 4.79 Å². The third kappa shape index (κ3) is 5.87. The number of thiophene rings is 1. The third-order valence-corrected chi connectivity index (χ3v) is 7.28. The Morgan fingerprint density at radius 2 is 1.79 bits per heavy atom. The average Bonchev–Trinajstić information content (AvgIpc) is 3.56. The van der Waals surface area contributed by atoms with Gasteiger partial charge >= 0.3 is 0 Å². The Labute approximate surface area is 208 Å². The maximum Gasteiger partial charge on any atom is 0.277 e. The minimum absolute atomic E-state index is 0.0905. The first kappa shape index (κ1) is 24.0. The van der Waals surface area contributed by atoms with Crippen molar-refractivity contribution in [1.29, 1.82) is 0 Å². The summed E-state index contributed by atoms with van der Waals surface area (Å²) in [5.74, 6) is 0.549. The molecule has 2 aromatic heterocycles. The van der Waals surface area contributed by atoms with Gasteiger partial charge in [0.2, 0.25) is 11.8 Å². The second kappa shape index (κ2) is 11.4. The van der Waals surface area contributed by atoms with Gasteiger partial charge in [-0.25, -0.2) is 0 Å². The van der Waals surface area contributed by atoms with Gasteiger partial charge in [0.25, 0.3) is 5.22 Å². The Hall–Kier alpha value is -3.10. The summed E-state index contributed by atoms with van der Waals surface area (Å²) in [6.45, 7) is 8.24. The van der Waals surface area contributed by atoms with Gasteiger partial charge < -0.3 is 14.6 Å². The molecule has 0 radical (unpaired) electrons. The maximum atomic E-state index is 12.8. The van der Waals surface area contributed by atoms with Crippen molar-refractivity contribution in [2.75, 3.05) is 23.7 Å². The number of carbonyl (C=O) groups excluding carboxylic acids is 1. The summed E-state index contributed by atoms with van der Waals surface area (Å²) < 4.78 is 5.80. The molecule has 0 saturated carbocycles. The molecule has 4 rings (SSSR count). The predicted octanol–water partition coefficient (Wildman–Crippen LogP) is 5.95. The van der Waals surface area contributed by atoms with Gasteiger partial charge in [-0.1, -0.05) is 47.7 Å². The first-order valence-corrected chi connectivity index (χ1v) is 13.1. The lowest BCUT2D eigenvalue weighted by Gasteiger charge is -2.20. The molecule has 1 N–H and O–H groups in total. The standard InChI is InChI=1S/C26H28N4O2S2/c1-4-30(5-2)21-14-12-20(13-15-21)25-28-29-26(32-25)34-17-23(31)27-24(22-7-6-16-33-22)19-10-8-18(3)9-11-19/h6-16,24H,4-5,17H2,1-3H3,(H,27,31)/t24-/m1/s1. The lowest BCUT2D eigenvalue weighted by molar-refractivity contribution is -0.119. The van der Waals surface area contributed by atoms with Crippen LogP contribution in [-0.4, -0.2) is 34.9 Å². The van der Waals surface area contributed by atoms with Crippen LogP contribution in [0.5, 0.6) is 0 Å². The van der Waals surface area contributed by atoms with Crippen molar-refractivity contribution in [2.24, 2.45) is 0 Å². The molecule has 2 aromatic carbocycles. The number of nitrogens with one attached hydrogen (secondary N) is 1. The second-order valence-electron chi connectivity index (χ2n) is 7.81. The second-order valence-corrected chi connectivity index (χ2v) is 9.71. The van der Waals surface area contributed by atoms with Crippen LogP contribution in [0.2, 0.25) is 0 Å². The van der Waals surface area contributed by atoms with E-state index in [0.717, 1.165) is 34.8 Å². The van der Waals surface area contributed by atoms with Gasteiger partial charge in [-0.05, 0) is 62.0 Å². The van der Waals surface area contributed by atoms with Crippen molar-refractivity contribution < 1.29 is 9.21 Å². The van der Waals surface area contributed by atoms with E-state index in [1.54, 1.807) is 11.3 Å². The molecule has 0 aliphatic rings. The molecular formula is C26H28N4O2S2. The topological polar surface area (TPSA) is 71.3 Å². The zero-order chi connectivity index (χ0) is 23.9. The van der Waals surface area contributed by atoms with E-state index < -0.39 is 0 Å². The molecule has 0 spiro atoms. The molecule has 8 heteroatoms. The molecule has 4 aromatic rings. The molecule has 2 heterocycles. The van der Waals surface area contributed by atoms with Crippen LogP contribution in [0.1, 0.15) is 35.9 Å². The highest BCUT2D eigenvalue weighted by Gasteiger charge is 2.19. The van der Waals surface area contributed by atoms with Crippen LogP contribution in [0.25, 0.3) is 11.5 Å². The van der Waals surface area contributed by atoms with Crippen LogP contribution in [-0.2, 0) is 4.79 Å². The number of carbonyl (C=O) groups is 1. The number of hydrogen-bond acceptors (Lipinski definition) is 7. The van der Waals surface area contributed by atoms with E-state index in [2.05, 4.69) is 77.6 Å². The maximum absolute atomic E-state index is 12.8. The van der Waals surface area contributed by atoms with E-state index in [-0.39, 0.29) is 17.7 Å². The smallest absolute Gasteiger partial charge is 0.277 e. The highest BCUT2D eigenvalue weighted by molar-refractivity contribution is 7.99. The van der Waals surface area contributed by atoms with E-state index in [0.29, 0.717) is 11.1 Å². The van der Waals surface area contributed by atoms with Gasteiger partial charge in [0.05, 0.1) is 11.8 Å². The molecule has 34 heavy (non-hydrogen) atoms. The number of amides is 1. The SMILES string of the molecule is CCN(CC)c1ccc(-c2nnc(SCC(=O)N[C@H](c3ccc(C)cc3)c3cccs3)o2)cc1. The number of thioether (sulfide) groups is 1. The average molecular weight is 493 g/mol. The minimum Gasteiger partial charge on any atom is -0.411 e. The highest BCUT2D eigenvalue weighted by atomic mass is 32.2. The van der Waals surface area contributed by atoms with Crippen LogP contribution in [0.3, 0.4) is 0 Å². The summed E-state index contributed by atoms with van der Waals surface area (Å²) in [5, 5.41) is 13.8. The summed E-state index contributed by atoms with van der Waals surface area (Å²) in [5.41, 5.74) is 4.26. The van der Waals surface area contributed by atoms with Crippen LogP contribution in [0.15, 0.2) is 75.7 Å². The minimum atomic E-state index is -0.184. The van der Waals surface area contributed by atoms with Gasteiger partial charge in [-0.15, -0.1) is 21.5 Å². The zero-order valence-corrected chi connectivity index (χ0v) is 21.2. The van der Waals surface area contributed by atoms with Crippen molar-refractivity contribution in [2.45, 2.75) is 32.0 Å². The summed E-state index contributed by atoms with van der Waals surface area (Å²) in [6, 6.07) is 20.2. The number of benzene rings is 2. The lowest BCUT2D eigenvalue weighted by atomic mass is 10.0. The van der Waals surface area contributed by atoms with Crippen molar-refractivity contribution in [3.63, 3.8) is 0 Å². The quantitative estimate of drug-likeness (QED) is 0.276. The number of aryl methyl sites for hydroxylation is 1. The fraction of sp³-hybridized carbons (Fsp3) is 0.269.